The van der Waals surface area contributed by atoms with Crippen LogP contribution in [0.5, 0.6) is 0 Å². The fourth-order valence-electron chi connectivity index (χ4n) is 1.93. The molecule has 0 aromatic carbocycles. The third-order valence-electron chi connectivity index (χ3n) is 3.04. The van der Waals surface area contributed by atoms with Crippen molar-refractivity contribution in [2.75, 3.05) is 26.8 Å². The van der Waals surface area contributed by atoms with Gasteiger partial charge in [-0.3, -0.25) is 4.79 Å². The van der Waals surface area contributed by atoms with Gasteiger partial charge in [0.15, 0.2) is 0 Å². The highest BCUT2D eigenvalue weighted by Crippen LogP contribution is 2.15. The Morgan fingerprint density at radius 1 is 1.50 bits per heavy atom. The van der Waals surface area contributed by atoms with Gasteiger partial charge in [-0.25, -0.2) is 0 Å². The van der Waals surface area contributed by atoms with E-state index in [1.54, 1.807) is 7.11 Å². The molecule has 1 saturated heterocycles. The van der Waals surface area contributed by atoms with Crippen LogP contribution in [0.4, 0.5) is 0 Å². The predicted molar refractivity (Wildman–Crippen MR) is 77.9 cm³/mol. The van der Waals surface area contributed by atoms with E-state index in [0.717, 1.165) is 38.9 Å². The molecular weight excluding hydrogens is 294 g/mol. The predicted octanol–water partition coefficient (Wildman–Crippen LogP) is 2.91. The summed E-state index contributed by atoms with van der Waals surface area (Å²) in [6, 6.07) is 0. The van der Waals surface area contributed by atoms with Crippen LogP contribution in [0, 0.1) is 0 Å². The quantitative estimate of drug-likeness (QED) is 0.592. The Bertz CT molecular complexity index is 294. The number of rotatable bonds is 3. The van der Waals surface area contributed by atoms with Gasteiger partial charge >= 0.3 is 0 Å². The van der Waals surface area contributed by atoms with Crippen molar-refractivity contribution < 1.29 is 9.53 Å². The first kappa shape index (κ1) is 15.4. The lowest BCUT2D eigenvalue weighted by Gasteiger charge is -2.25. The van der Waals surface area contributed by atoms with E-state index in [-0.39, 0.29) is 0 Å². The number of amides is 1. The molecule has 0 spiro atoms. The summed E-state index contributed by atoms with van der Waals surface area (Å²) in [6.07, 6.45) is 11.9. The topological polar surface area (TPSA) is 29.5 Å². The average molecular weight is 316 g/mol. The van der Waals surface area contributed by atoms with E-state index in [0.29, 0.717) is 4.83 Å². The Morgan fingerprint density at radius 3 is 2.72 bits per heavy atom. The summed E-state index contributed by atoms with van der Waals surface area (Å²) in [5.74, 6) is 0. The second kappa shape index (κ2) is 9.34. The zero-order valence-electron chi connectivity index (χ0n) is 11.0. The molecule has 18 heavy (non-hydrogen) atoms. The second-order valence-electron chi connectivity index (χ2n) is 4.54. The number of methoxy groups -OCH3 is 1. The van der Waals surface area contributed by atoms with Crippen molar-refractivity contribution in [3.8, 4) is 0 Å². The lowest BCUT2D eigenvalue weighted by molar-refractivity contribution is -0.118. The maximum Gasteiger partial charge on any atom is 0.209 e. The van der Waals surface area contributed by atoms with Crippen LogP contribution in [0.2, 0.25) is 0 Å². The number of hydrogen-bond donors (Lipinski definition) is 0. The molecule has 1 amide bonds. The van der Waals surface area contributed by atoms with Gasteiger partial charge in [-0.1, -0.05) is 34.2 Å². The standard InChI is InChI=1S/C8H12O.C6H10BrNO/c1-9-7-8-5-3-2-4-6-8;7-6-1-3-8(5-9)4-2-6/h2-3,5H,4,6-7H2,1H3;5-6H,1-4H2. The van der Waals surface area contributed by atoms with Crippen molar-refractivity contribution in [3.63, 3.8) is 0 Å². The minimum Gasteiger partial charge on any atom is -0.380 e. The van der Waals surface area contributed by atoms with Gasteiger partial charge in [-0.05, 0) is 31.3 Å². The lowest BCUT2D eigenvalue weighted by Crippen LogP contribution is -2.32. The summed E-state index contributed by atoms with van der Waals surface area (Å²) in [5, 5.41) is 0. The molecular formula is C14H22BrNO2. The Labute approximate surface area is 118 Å². The Kier molecular flexibility index (Phi) is 8.01. The smallest absolute Gasteiger partial charge is 0.209 e. The number of carbonyl (C=O) groups excluding carboxylic acids is 1. The van der Waals surface area contributed by atoms with Crippen molar-refractivity contribution in [2.24, 2.45) is 0 Å². The molecule has 2 rings (SSSR count). The summed E-state index contributed by atoms with van der Waals surface area (Å²) in [7, 11) is 1.74. The molecule has 0 atom stereocenters. The molecule has 4 heteroatoms. The van der Waals surface area contributed by atoms with E-state index in [2.05, 4.69) is 34.2 Å². The number of likely N-dealkylation sites (tertiary alicyclic amines) is 1. The van der Waals surface area contributed by atoms with E-state index in [9.17, 15) is 4.79 Å². The largest absolute Gasteiger partial charge is 0.380 e. The minimum absolute atomic E-state index is 0.633. The maximum atomic E-state index is 10.2. The number of allylic oxidation sites excluding steroid dienone is 3. The van der Waals surface area contributed by atoms with E-state index >= 15 is 0 Å². The fraction of sp³-hybridized carbons (Fsp3) is 0.643. The van der Waals surface area contributed by atoms with Crippen LogP contribution in [0.1, 0.15) is 25.7 Å². The molecule has 1 aliphatic heterocycles. The van der Waals surface area contributed by atoms with Crippen molar-refractivity contribution >= 4 is 22.3 Å². The number of nitrogens with zero attached hydrogens (tertiary/aromatic N) is 1. The van der Waals surface area contributed by atoms with Crippen molar-refractivity contribution in [1.29, 1.82) is 0 Å². The number of carbonyl (C=O) groups is 1. The molecule has 0 aromatic heterocycles. The van der Waals surface area contributed by atoms with E-state index in [1.165, 1.54) is 18.4 Å². The highest BCUT2D eigenvalue weighted by Gasteiger charge is 2.14. The van der Waals surface area contributed by atoms with Crippen molar-refractivity contribution in [3.05, 3.63) is 23.8 Å². The van der Waals surface area contributed by atoms with Crippen LogP contribution in [-0.2, 0) is 9.53 Å². The Hall–Kier alpha value is -0.610. The van der Waals surface area contributed by atoms with Gasteiger partial charge in [0.1, 0.15) is 0 Å². The molecule has 3 nitrogen and oxygen atoms in total. The second-order valence-corrected chi connectivity index (χ2v) is 5.84. The minimum atomic E-state index is 0.633. The third kappa shape index (κ3) is 6.36. The fourth-order valence-corrected chi connectivity index (χ4v) is 2.34. The van der Waals surface area contributed by atoms with Gasteiger partial charge in [0, 0.05) is 25.0 Å². The molecule has 0 N–H and O–H groups in total. The number of piperidine rings is 1. The van der Waals surface area contributed by atoms with Crippen LogP contribution >= 0.6 is 15.9 Å². The number of ether oxygens (including phenoxy) is 1. The van der Waals surface area contributed by atoms with Gasteiger partial charge in [0.05, 0.1) is 6.61 Å². The van der Waals surface area contributed by atoms with E-state index in [1.807, 2.05) is 4.90 Å². The average Bonchev–Trinajstić information content (AvgIpc) is 2.42. The lowest BCUT2D eigenvalue weighted by atomic mass is 10.1. The van der Waals surface area contributed by atoms with Crippen molar-refractivity contribution in [2.45, 2.75) is 30.5 Å². The molecule has 1 heterocycles. The molecule has 102 valence electrons. The summed E-state index contributed by atoms with van der Waals surface area (Å²) < 4.78 is 4.98. The zero-order chi connectivity index (χ0) is 13.2. The van der Waals surface area contributed by atoms with Crippen LogP contribution < -0.4 is 0 Å². The molecule has 1 fully saturated rings. The first-order valence-electron chi connectivity index (χ1n) is 6.43. The van der Waals surface area contributed by atoms with Gasteiger partial charge in [-0.2, -0.15) is 0 Å². The molecule has 0 aromatic rings. The molecule has 2 aliphatic rings. The molecule has 0 unspecified atom stereocenters. The van der Waals surface area contributed by atoms with Gasteiger partial charge in [0.25, 0.3) is 0 Å². The Balaban J connectivity index is 0.000000180. The first-order chi connectivity index (χ1) is 8.76. The summed E-state index contributed by atoms with van der Waals surface area (Å²) in [5.41, 5.74) is 1.40. The molecule has 0 bridgehead atoms. The number of hydrogen-bond acceptors (Lipinski definition) is 2. The van der Waals surface area contributed by atoms with E-state index in [4.69, 9.17) is 4.74 Å². The van der Waals surface area contributed by atoms with E-state index < -0.39 is 0 Å². The van der Waals surface area contributed by atoms with Crippen LogP contribution in [0.3, 0.4) is 0 Å². The molecule has 0 radical (unpaired) electrons. The highest BCUT2D eigenvalue weighted by molar-refractivity contribution is 9.09. The number of alkyl halides is 1. The van der Waals surface area contributed by atoms with Gasteiger partial charge < -0.3 is 9.64 Å². The van der Waals surface area contributed by atoms with Crippen molar-refractivity contribution in [1.82, 2.24) is 4.90 Å². The van der Waals surface area contributed by atoms with Gasteiger partial charge in [0.2, 0.25) is 6.41 Å². The summed E-state index contributed by atoms with van der Waals surface area (Å²) in [4.78, 5) is 12.6. The molecule has 1 aliphatic carbocycles. The van der Waals surface area contributed by atoms with Crippen LogP contribution in [-0.4, -0.2) is 42.9 Å². The monoisotopic (exact) mass is 315 g/mol. The highest BCUT2D eigenvalue weighted by atomic mass is 79.9. The SMILES string of the molecule is COCC1=CC=CCC1.O=CN1CCC(Br)CC1. The van der Waals surface area contributed by atoms with Crippen LogP contribution in [0.15, 0.2) is 23.8 Å². The first-order valence-corrected chi connectivity index (χ1v) is 7.34. The third-order valence-corrected chi connectivity index (χ3v) is 3.95. The maximum absolute atomic E-state index is 10.2. The van der Waals surface area contributed by atoms with Gasteiger partial charge in [-0.15, -0.1) is 0 Å². The zero-order valence-corrected chi connectivity index (χ0v) is 12.6. The summed E-state index contributed by atoms with van der Waals surface area (Å²) >= 11 is 3.50. The summed E-state index contributed by atoms with van der Waals surface area (Å²) in [6.45, 7) is 2.63. The number of halogens is 1. The molecule has 0 saturated carbocycles. The Morgan fingerprint density at radius 2 is 2.22 bits per heavy atom. The normalized spacial score (nSPS) is 19.9. The van der Waals surface area contributed by atoms with Crippen LogP contribution in [0.25, 0.3) is 0 Å².